The lowest BCUT2D eigenvalue weighted by Crippen LogP contribution is -2.27. The van der Waals surface area contributed by atoms with Gasteiger partial charge in [0.25, 0.3) is 5.63 Å². The first-order valence-corrected chi connectivity index (χ1v) is 2.15. The van der Waals surface area contributed by atoms with Crippen molar-refractivity contribution in [1.29, 1.82) is 0 Å². The highest BCUT2D eigenvalue weighted by atomic mass is 35.5. The Balaban J connectivity index is 3.71. The van der Waals surface area contributed by atoms with Crippen LogP contribution in [0.5, 0.6) is 0 Å². The van der Waals surface area contributed by atoms with Crippen molar-refractivity contribution in [2.24, 2.45) is 0 Å². The van der Waals surface area contributed by atoms with Crippen LogP contribution < -0.4 is 0 Å². The number of alkyl halides is 4. The Morgan fingerprint density at radius 1 is 1.62 bits per heavy atom. The summed E-state index contributed by atoms with van der Waals surface area (Å²) in [6.45, 7) is 0. The molecule has 0 saturated heterocycles. The minimum absolute atomic E-state index is 0.676. The predicted octanol–water partition coefficient (Wildman–Crippen LogP) is 1.76. The Kier molecular flexibility index (Phi) is 2.56. The Bertz CT molecular complexity index is 74.9. The van der Waals surface area contributed by atoms with E-state index in [0.29, 0.717) is 7.11 Å². The molecule has 1 nitrogen and oxygen atoms in total. The van der Waals surface area contributed by atoms with Gasteiger partial charge >= 0.3 is 6.11 Å². The molecular weight excluding hydrogens is 144 g/mol. The molecule has 0 N–H and O–H groups in total. The third kappa shape index (κ3) is 1.88. The van der Waals surface area contributed by atoms with Crippen molar-refractivity contribution in [2.75, 3.05) is 7.11 Å². The molecule has 0 aromatic rings. The van der Waals surface area contributed by atoms with Crippen LogP contribution in [0, 0.1) is 0 Å². The van der Waals surface area contributed by atoms with Gasteiger partial charge in [-0.2, -0.15) is 8.78 Å². The lowest BCUT2D eigenvalue weighted by molar-refractivity contribution is -0.240. The highest BCUT2D eigenvalue weighted by molar-refractivity contribution is 6.20. The first-order chi connectivity index (χ1) is 3.50. The molecule has 0 aliphatic carbocycles. The van der Waals surface area contributed by atoms with Gasteiger partial charge in [-0.3, -0.25) is 0 Å². The van der Waals surface area contributed by atoms with Gasteiger partial charge in [-0.05, 0) is 0 Å². The fourth-order valence-corrected chi connectivity index (χ4v) is 0.178. The van der Waals surface area contributed by atoms with Gasteiger partial charge in [0.15, 0.2) is 0 Å². The molecule has 1 atom stereocenters. The van der Waals surface area contributed by atoms with Crippen LogP contribution in [-0.4, -0.2) is 18.8 Å². The molecule has 5 heteroatoms. The van der Waals surface area contributed by atoms with Crippen LogP contribution in [0.25, 0.3) is 0 Å². The van der Waals surface area contributed by atoms with E-state index in [1.807, 2.05) is 0 Å². The molecule has 50 valence electrons. The molecule has 0 aromatic heterocycles. The van der Waals surface area contributed by atoms with Gasteiger partial charge in [-0.15, -0.1) is 0 Å². The zero-order valence-corrected chi connectivity index (χ0v) is 4.75. The first kappa shape index (κ1) is 8.04. The molecule has 0 radical (unpaired) electrons. The molecule has 0 rings (SSSR count). The summed E-state index contributed by atoms with van der Waals surface area (Å²) < 4.78 is 37.8. The summed E-state index contributed by atoms with van der Waals surface area (Å²) in [6.07, 6.45) is -3.86. The van der Waals surface area contributed by atoms with Gasteiger partial charge < -0.3 is 4.74 Å². The van der Waals surface area contributed by atoms with Crippen molar-refractivity contribution in [3.05, 3.63) is 0 Å². The van der Waals surface area contributed by atoms with Crippen LogP contribution in [0.3, 0.4) is 0 Å². The van der Waals surface area contributed by atoms with Crippen molar-refractivity contribution in [3.8, 4) is 0 Å². The van der Waals surface area contributed by atoms with Crippen molar-refractivity contribution in [3.63, 3.8) is 0 Å². The molecule has 0 aliphatic rings. The number of ether oxygens (including phenoxy) is 1. The third-order valence-corrected chi connectivity index (χ3v) is 0.780. The largest absolute Gasteiger partial charge is 0.400 e. The summed E-state index contributed by atoms with van der Waals surface area (Å²) in [4.78, 5) is 0. The predicted molar refractivity (Wildman–Crippen MR) is 22.7 cm³/mol. The van der Waals surface area contributed by atoms with Crippen molar-refractivity contribution >= 4 is 11.6 Å². The van der Waals surface area contributed by atoms with E-state index in [-0.39, 0.29) is 0 Å². The average molecular weight is 149 g/mol. The fourth-order valence-electron chi connectivity index (χ4n) is 0.0891. The lowest BCUT2D eigenvalue weighted by atomic mass is 10.7. The molecule has 0 aliphatic heterocycles. The molecule has 0 bridgehead atoms. The van der Waals surface area contributed by atoms with E-state index in [2.05, 4.69) is 16.3 Å². The van der Waals surface area contributed by atoms with Crippen molar-refractivity contribution < 1.29 is 17.9 Å². The van der Waals surface area contributed by atoms with Crippen LogP contribution in [0.4, 0.5) is 13.2 Å². The van der Waals surface area contributed by atoms with Crippen molar-refractivity contribution in [1.82, 2.24) is 0 Å². The third-order valence-electron chi connectivity index (χ3n) is 0.526. The maximum absolute atomic E-state index is 11.5. The lowest BCUT2D eigenvalue weighted by Gasteiger charge is -2.11. The standard InChI is InChI=1S/C3H4ClF3O/c1-8-3(6,7)2(4)5/h2H,1H3. The summed E-state index contributed by atoms with van der Waals surface area (Å²) in [5.74, 6) is 0. The maximum atomic E-state index is 11.5. The molecule has 0 fully saturated rings. The fraction of sp³-hybridized carbons (Fsp3) is 1.00. The Morgan fingerprint density at radius 2 is 2.00 bits per heavy atom. The summed E-state index contributed by atoms with van der Waals surface area (Å²) in [7, 11) is 0.676. The minimum Gasteiger partial charge on any atom is -0.321 e. The number of hydrogen-bond donors (Lipinski definition) is 0. The van der Waals surface area contributed by atoms with Crippen LogP contribution >= 0.6 is 11.6 Å². The summed E-state index contributed by atoms with van der Waals surface area (Å²) >= 11 is 4.33. The van der Waals surface area contributed by atoms with Crippen LogP contribution in [0.15, 0.2) is 0 Å². The van der Waals surface area contributed by atoms with Gasteiger partial charge in [-0.1, -0.05) is 11.6 Å². The van der Waals surface area contributed by atoms with Gasteiger partial charge in [0.2, 0.25) is 0 Å². The zero-order valence-electron chi connectivity index (χ0n) is 4.00. The number of methoxy groups -OCH3 is 1. The number of rotatable bonds is 2. The van der Waals surface area contributed by atoms with E-state index in [9.17, 15) is 13.2 Å². The summed E-state index contributed by atoms with van der Waals surface area (Å²) in [6, 6.07) is 0. The topological polar surface area (TPSA) is 9.23 Å². The molecule has 0 aromatic carbocycles. The molecule has 0 spiro atoms. The van der Waals surface area contributed by atoms with Gasteiger partial charge in [0.1, 0.15) is 0 Å². The van der Waals surface area contributed by atoms with E-state index in [0.717, 1.165) is 0 Å². The van der Waals surface area contributed by atoms with Crippen LogP contribution in [0.1, 0.15) is 0 Å². The highest BCUT2D eigenvalue weighted by Gasteiger charge is 2.38. The average Bonchev–Trinajstić information content (AvgIpc) is 1.67. The Morgan fingerprint density at radius 3 is 2.00 bits per heavy atom. The Hall–Kier alpha value is 0.0400. The van der Waals surface area contributed by atoms with Gasteiger partial charge in [0, 0.05) is 7.11 Å². The van der Waals surface area contributed by atoms with Crippen molar-refractivity contribution in [2.45, 2.75) is 11.7 Å². The molecule has 0 heterocycles. The van der Waals surface area contributed by atoms with E-state index < -0.39 is 11.7 Å². The normalized spacial score (nSPS) is 16.1. The van der Waals surface area contributed by atoms with Gasteiger partial charge in [-0.25, -0.2) is 4.39 Å². The molecule has 8 heavy (non-hydrogen) atoms. The van der Waals surface area contributed by atoms with Gasteiger partial charge in [0.05, 0.1) is 0 Å². The van der Waals surface area contributed by atoms with E-state index in [1.165, 1.54) is 0 Å². The first-order valence-electron chi connectivity index (χ1n) is 1.72. The van der Waals surface area contributed by atoms with E-state index in [1.54, 1.807) is 0 Å². The van der Waals surface area contributed by atoms with E-state index in [4.69, 9.17) is 0 Å². The summed E-state index contributed by atoms with van der Waals surface area (Å²) in [5, 5.41) is 0. The summed E-state index contributed by atoms with van der Waals surface area (Å²) in [5.41, 5.74) is -2.77. The number of halogens is 4. The van der Waals surface area contributed by atoms with Crippen LogP contribution in [-0.2, 0) is 4.74 Å². The maximum Gasteiger partial charge on any atom is 0.400 e. The minimum atomic E-state index is -3.86. The quantitative estimate of drug-likeness (QED) is 0.543. The SMILES string of the molecule is COC(F)(F)C(F)Cl. The highest BCUT2D eigenvalue weighted by Crippen LogP contribution is 2.24. The monoisotopic (exact) mass is 148 g/mol. The Labute approximate surface area is 49.4 Å². The smallest absolute Gasteiger partial charge is 0.321 e. The molecule has 1 unspecified atom stereocenters. The number of hydrogen-bond acceptors (Lipinski definition) is 1. The van der Waals surface area contributed by atoms with E-state index >= 15 is 0 Å². The second-order valence-electron chi connectivity index (χ2n) is 1.07. The molecular formula is C3H4ClF3O. The second kappa shape index (κ2) is 2.55. The molecule has 0 amide bonds. The molecule has 0 saturated carbocycles. The second-order valence-corrected chi connectivity index (χ2v) is 1.45. The zero-order chi connectivity index (χ0) is 6.78. The van der Waals surface area contributed by atoms with Crippen LogP contribution in [0.2, 0.25) is 0 Å².